The Kier molecular flexibility index (Phi) is 3.45. The fourth-order valence-corrected chi connectivity index (χ4v) is 3.59. The van der Waals surface area contributed by atoms with Crippen LogP contribution >= 0.6 is 0 Å². The van der Waals surface area contributed by atoms with E-state index in [2.05, 4.69) is 20.8 Å². The quantitative estimate of drug-likeness (QED) is 0.761. The maximum absolute atomic E-state index is 5.40. The van der Waals surface area contributed by atoms with Crippen LogP contribution in [-0.2, 0) is 0 Å². The highest BCUT2D eigenvalue weighted by Crippen LogP contribution is 2.39. The Labute approximate surface area is 121 Å². The molecule has 1 fully saturated rings. The van der Waals surface area contributed by atoms with Gasteiger partial charge in [0.15, 0.2) is 11.5 Å². The molecule has 3 heteroatoms. The van der Waals surface area contributed by atoms with E-state index in [1.165, 1.54) is 19.3 Å². The third-order valence-electron chi connectivity index (χ3n) is 4.19. The van der Waals surface area contributed by atoms with Gasteiger partial charge in [-0.3, -0.25) is 4.99 Å². The minimum absolute atomic E-state index is 0.324. The van der Waals surface area contributed by atoms with Crippen LogP contribution in [0.3, 0.4) is 0 Å². The number of nitrogens with zero attached hydrogens (tertiary/aromatic N) is 1. The van der Waals surface area contributed by atoms with Crippen LogP contribution in [0.25, 0.3) is 0 Å². The largest absolute Gasteiger partial charge is 0.454 e. The second-order valence-corrected chi connectivity index (χ2v) is 6.96. The van der Waals surface area contributed by atoms with Crippen molar-refractivity contribution in [2.75, 3.05) is 6.79 Å². The Bertz CT molecular complexity index is 522. The number of fused-ring (bicyclic) bond motifs is 1. The van der Waals surface area contributed by atoms with Crippen LogP contribution in [0.5, 0.6) is 11.5 Å². The molecule has 1 saturated carbocycles. The van der Waals surface area contributed by atoms with Crippen molar-refractivity contribution in [1.82, 2.24) is 0 Å². The molecule has 2 atom stereocenters. The highest BCUT2D eigenvalue weighted by atomic mass is 16.7. The molecule has 1 aromatic carbocycles. The van der Waals surface area contributed by atoms with Gasteiger partial charge in [-0.15, -0.1) is 0 Å². The van der Waals surface area contributed by atoms with E-state index in [9.17, 15) is 0 Å². The minimum Gasteiger partial charge on any atom is -0.454 e. The molecule has 2 unspecified atom stereocenters. The maximum atomic E-state index is 5.40. The fraction of sp³-hybridized carbons (Fsp3) is 0.588. The Morgan fingerprint density at radius 3 is 2.80 bits per heavy atom. The van der Waals surface area contributed by atoms with E-state index in [0.29, 0.717) is 18.2 Å². The zero-order valence-electron chi connectivity index (χ0n) is 12.6. The lowest BCUT2D eigenvalue weighted by Gasteiger charge is -2.37. The van der Waals surface area contributed by atoms with Crippen LogP contribution in [0.15, 0.2) is 23.2 Å². The van der Waals surface area contributed by atoms with Crippen LogP contribution < -0.4 is 9.47 Å². The van der Waals surface area contributed by atoms with E-state index in [1.54, 1.807) is 0 Å². The van der Waals surface area contributed by atoms with E-state index < -0.39 is 0 Å². The van der Waals surface area contributed by atoms with Gasteiger partial charge in [-0.05, 0) is 54.4 Å². The molecule has 0 saturated heterocycles. The van der Waals surface area contributed by atoms with Crippen molar-refractivity contribution in [3.05, 3.63) is 23.8 Å². The van der Waals surface area contributed by atoms with Crippen molar-refractivity contribution in [3.63, 3.8) is 0 Å². The monoisotopic (exact) mass is 273 g/mol. The molecule has 1 heterocycles. The number of rotatable bonds is 2. The Hall–Kier alpha value is -1.51. The number of hydrogen-bond donors (Lipinski definition) is 0. The Morgan fingerprint density at radius 2 is 2.00 bits per heavy atom. The van der Waals surface area contributed by atoms with Crippen LogP contribution in [0.1, 0.15) is 45.6 Å². The predicted octanol–water partition coefficient (Wildman–Crippen LogP) is 4.05. The van der Waals surface area contributed by atoms with Crippen LogP contribution in [-0.4, -0.2) is 19.0 Å². The van der Waals surface area contributed by atoms with Gasteiger partial charge in [-0.25, -0.2) is 0 Å². The van der Waals surface area contributed by atoms with Gasteiger partial charge < -0.3 is 9.47 Å². The summed E-state index contributed by atoms with van der Waals surface area (Å²) >= 11 is 0. The first-order valence-electron chi connectivity index (χ1n) is 7.45. The normalized spacial score (nSPS) is 27.9. The molecule has 0 amide bonds. The zero-order valence-corrected chi connectivity index (χ0v) is 12.6. The zero-order chi connectivity index (χ0) is 14.2. The molecule has 0 radical (unpaired) electrons. The SMILES string of the molecule is CC1CC(N=Cc2ccc3c(c2)OCO3)CC(C)(C)C1. The first-order chi connectivity index (χ1) is 9.52. The van der Waals surface area contributed by atoms with Gasteiger partial charge >= 0.3 is 0 Å². The third-order valence-corrected chi connectivity index (χ3v) is 4.19. The van der Waals surface area contributed by atoms with E-state index in [4.69, 9.17) is 14.5 Å². The predicted molar refractivity (Wildman–Crippen MR) is 80.7 cm³/mol. The summed E-state index contributed by atoms with van der Waals surface area (Å²) in [5.74, 6) is 2.42. The van der Waals surface area contributed by atoms with Gasteiger partial charge in [0.05, 0.1) is 6.04 Å². The molecule has 3 rings (SSSR count). The minimum atomic E-state index is 0.324. The highest BCUT2D eigenvalue weighted by molar-refractivity contribution is 5.81. The first-order valence-corrected chi connectivity index (χ1v) is 7.45. The summed E-state index contributed by atoms with van der Waals surface area (Å²) in [5, 5.41) is 0. The summed E-state index contributed by atoms with van der Waals surface area (Å²) in [7, 11) is 0. The number of benzene rings is 1. The summed E-state index contributed by atoms with van der Waals surface area (Å²) in [6.07, 6.45) is 5.67. The molecule has 20 heavy (non-hydrogen) atoms. The van der Waals surface area contributed by atoms with Gasteiger partial charge in [0.2, 0.25) is 6.79 Å². The lowest BCUT2D eigenvalue weighted by atomic mass is 9.71. The molecule has 1 aliphatic carbocycles. The van der Waals surface area contributed by atoms with Gasteiger partial charge in [0, 0.05) is 6.21 Å². The molecular formula is C17H23NO2. The topological polar surface area (TPSA) is 30.8 Å². The molecule has 0 bridgehead atoms. The summed E-state index contributed by atoms with van der Waals surface area (Å²) in [5.41, 5.74) is 1.50. The average molecular weight is 273 g/mol. The number of hydrogen-bond acceptors (Lipinski definition) is 3. The molecule has 1 aromatic rings. The van der Waals surface area contributed by atoms with Crippen molar-refractivity contribution < 1.29 is 9.47 Å². The molecule has 1 aliphatic heterocycles. The van der Waals surface area contributed by atoms with Gasteiger partial charge in [0.1, 0.15) is 0 Å². The summed E-state index contributed by atoms with van der Waals surface area (Å²) in [4.78, 5) is 4.80. The van der Waals surface area contributed by atoms with E-state index >= 15 is 0 Å². The molecule has 3 nitrogen and oxygen atoms in total. The van der Waals surface area contributed by atoms with Crippen LogP contribution in [0, 0.1) is 11.3 Å². The smallest absolute Gasteiger partial charge is 0.231 e. The summed E-state index contributed by atoms with van der Waals surface area (Å²) < 4.78 is 10.7. The van der Waals surface area contributed by atoms with Crippen molar-refractivity contribution in [2.45, 2.75) is 46.1 Å². The van der Waals surface area contributed by atoms with E-state index in [0.717, 1.165) is 23.0 Å². The van der Waals surface area contributed by atoms with E-state index in [1.807, 2.05) is 24.4 Å². The molecular weight excluding hydrogens is 250 g/mol. The first kappa shape index (κ1) is 13.5. The number of aliphatic imine (C=N–C) groups is 1. The van der Waals surface area contributed by atoms with Gasteiger partial charge in [-0.1, -0.05) is 20.8 Å². The standard InChI is InChI=1S/C17H23NO2/c1-12-6-14(9-17(2,3)8-12)18-10-13-4-5-15-16(7-13)20-11-19-15/h4-5,7,10,12,14H,6,8-9,11H2,1-3H3. The lowest BCUT2D eigenvalue weighted by Crippen LogP contribution is -2.29. The van der Waals surface area contributed by atoms with Crippen molar-refractivity contribution >= 4 is 6.21 Å². The summed E-state index contributed by atoms with van der Waals surface area (Å²) in [6, 6.07) is 6.44. The van der Waals surface area contributed by atoms with Crippen molar-refractivity contribution in [2.24, 2.45) is 16.3 Å². The second-order valence-electron chi connectivity index (χ2n) is 6.96. The second kappa shape index (κ2) is 5.12. The molecule has 0 N–H and O–H groups in total. The Balaban J connectivity index is 1.70. The molecule has 0 spiro atoms. The van der Waals surface area contributed by atoms with Crippen molar-refractivity contribution in [3.8, 4) is 11.5 Å². The number of ether oxygens (including phenoxy) is 2. The molecule has 108 valence electrons. The van der Waals surface area contributed by atoms with E-state index in [-0.39, 0.29) is 0 Å². The van der Waals surface area contributed by atoms with Crippen LogP contribution in [0.2, 0.25) is 0 Å². The third kappa shape index (κ3) is 2.97. The maximum Gasteiger partial charge on any atom is 0.231 e. The summed E-state index contributed by atoms with van der Waals surface area (Å²) in [6.45, 7) is 7.37. The van der Waals surface area contributed by atoms with Gasteiger partial charge in [0.25, 0.3) is 0 Å². The molecule has 0 aromatic heterocycles. The fourth-order valence-electron chi connectivity index (χ4n) is 3.59. The Morgan fingerprint density at radius 1 is 1.20 bits per heavy atom. The average Bonchev–Trinajstić information content (AvgIpc) is 2.81. The van der Waals surface area contributed by atoms with Crippen molar-refractivity contribution in [1.29, 1.82) is 0 Å². The van der Waals surface area contributed by atoms with Gasteiger partial charge in [-0.2, -0.15) is 0 Å². The highest BCUT2D eigenvalue weighted by Gasteiger charge is 2.31. The molecule has 2 aliphatic rings. The van der Waals surface area contributed by atoms with Crippen LogP contribution in [0.4, 0.5) is 0 Å². The lowest BCUT2D eigenvalue weighted by molar-refractivity contribution is 0.171.